The number of anilines is 1. The lowest BCUT2D eigenvalue weighted by atomic mass is 9.93. The first-order valence-electron chi connectivity index (χ1n) is 8.65. The summed E-state index contributed by atoms with van der Waals surface area (Å²) in [6, 6.07) is 9.24. The van der Waals surface area contributed by atoms with Gasteiger partial charge in [0.25, 0.3) is 0 Å². The van der Waals surface area contributed by atoms with E-state index in [0.29, 0.717) is 37.9 Å². The van der Waals surface area contributed by atoms with Crippen LogP contribution in [0, 0.1) is 11.3 Å². The molecule has 4 rings (SSSR count). The molecule has 6 heteroatoms. The maximum Gasteiger partial charge on any atom is 0.326 e. The second kappa shape index (κ2) is 6.32. The van der Waals surface area contributed by atoms with E-state index >= 15 is 0 Å². The first kappa shape index (κ1) is 15.8. The normalized spacial score (nSPS) is 26.9. The summed E-state index contributed by atoms with van der Waals surface area (Å²) in [5.74, 6) is 0. The molecule has 0 spiro atoms. The zero-order valence-corrected chi connectivity index (χ0v) is 13.8. The number of rotatable bonds is 2. The molecule has 0 bridgehead atoms. The maximum absolute atomic E-state index is 13.4. The maximum atomic E-state index is 13.4. The fourth-order valence-corrected chi connectivity index (χ4v) is 3.93. The van der Waals surface area contributed by atoms with Gasteiger partial charge in [0.1, 0.15) is 12.2 Å². The molecule has 1 aromatic heterocycles. The Morgan fingerprint density at radius 1 is 1.16 bits per heavy atom. The van der Waals surface area contributed by atoms with Gasteiger partial charge in [-0.3, -0.25) is 9.88 Å². The van der Waals surface area contributed by atoms with E-state index in [9.17, 15) is 14.4 Å². The molecule has 2 heterocycles. The van der Waals surface area contributed by atoms with Crippen LogP contribution in [0.5, 0.6) is 0 Å². The van der Waals surface area contributed by atoms with E-state index in [1.807, 2.05) is 24.3 Å². The van der Waals surface area contributed by atoms with E-state index in [1.165, 1.54) is 0 Å². The van der Waals surface area contributed by atoms with Crippen molar-refractivity contribution in [3.8, 4) is 6.07 Å². The van der Waals surface area contributed by atoms with Crippen molar-refractivity contribution < 1.29 is 9.18 Å². The number of urea groups is 1. The Morgan fingerprint density at radius 2 is 1.92 bits per heavy atom. The fourth-order valence-electron chi connectivity index (χ4n) is 3.93. The molecule has 0 unspecified atom stereocenters. The third kappa shape index (κ3) is 2.70. The minimum atomic E-state index is -0.765. The smallest absolute Gasteiger partial charge is 0.318 e. The van der Waals surface area contributed by atoms with Gasteiger partial charge in [-0.15, -0.1) is 0 Å². The van der Waals surface area contributed by atoms with E-state index in [1.54, 1.807) is 22.2 Å². The number of alkyl halides is 1. The second-order valence-corrected chi connectivity index (χ2v) is 6.74. The number of benzene rings is 1. The standard InChI is InChI=1S/C19H19FN4O/c20-14-5-7-15(8-6-14)23-12-16(9-21)24(19(23)25)18-11-22-10-13-3-1-2-4-17(13)18/h1-4,10-11,14-16H,5-8,12H2/t14?,15?,16-/m1/s1. The van der Waals surface area contributed by atoms with Gasteiger partial charge in [0.2, 0.25) is 0 Å². The first-order chi connectivity index (χ1) is 12.2. The Kier molecular flexibility index (Phi) is 4.00. The molecular formula is C19H19FN4O. The van der Waals surface area contributed by atoms with Crippen LogP contribution in [0.4, 0.5) is 14.9 Å². The van der Waals surface area contributed by atoms with Crippen molar-refractivity contribution in [3.05, 3.63) is 36.7 Å². The molecule has 1 aromatic carbocycles. The molecule has 1 atom stereocenters. The highest BCUT2D eigenvalue weighted by Crippen LogP contribution is 2.34. The van der Waals surface area contributed by atoms with Crippen molar-refractivity contribution >= 4 is 22.5 Å². The third-order valence-corrected chi connectivity index (χ3v) is 5.26. The van der Waals surface area contributed by atoms with Crippen molar-refractivity contribution in [2.24, 2.45) is 0 Å². The number of carbonyl (C=O) groups is 1. The van der Waals surface area contributed by atoms with Crippen molar-refractivity contribution in [1.82, 2.24) is 9.88 Å². The minimum absolute atomic E-state index is 0.0169. The molecule has 1 saturated carbocycles. The zero-order valence-electron chi connectivity index (χ0n) is 13.8. The van der Waals surface area contributed by atoms with E-state index < -0.39 is 12.2 Å². The van der Waals surface area contributed by atoms with Gasteiger partial charge in [-0.2, -0.15) is 5.26 Å². The Labute approximate surface area is 145 Å². The summed E-state index contributed by atoms with van der Waals surface area (Å²) >= 11 is 0. The largest absolute Gasteiger partial charge is 0.326 e. The number of nitrogens with zero attached hydrogens (tertiary/aromatic N) is 4. The van der Waals surface area contributed by atoms with Gasteiger partial charge in [0.15, 0.2) is 0 Å². The summed E-state index contributed by atoms with van der Waals surface area (Å²) in [5.41, 5.74) is 0.663. The van der Waals surface area contributed by atoms with Gasteiger partial charge in [-0.25, -0.2) is 9.18 Å². The lowest BCUT2D eigenvalue weighted by molar-refractivity contribution is 0.148. The van der Waals surface area contributed by atoms with Gasteiger partial charge >= 0.3 is 6.03 Å². The van der Waals surface area contributed by atoms with Gasteiger partial charge in [0.05, 0.1) is 24.5 Å². The van der Waals surface area contributed by atoms with Crippen molar-refractivity contribution in [2.75, 3.05) is 11.4 Å². The quantitative estimate of drug-likeness (QED) is 0.840. The molecule has 128 valence electrons. The number of amides is 2. The van der Waals surface area contributed by atoms with Crippen LogP contribution in [0.25, 0.3) is 10.8 Å². The number of carbonyl (C=O) groups excluding carboxylic acids is 1. The molecule has 0 radical (unpaired) electrons. The molecule has 1 saturated heterocycles. The molecule has 5 nitrogen and oxygen atoms in total. The monoisotopic (exact) mass is 338 g/mol. The second-order valence-electron chi connectivity index (χ2n) is 6.74. The Hall–Kier alpha value is -2.68. The molecular weight excluding hydrogens is 319 g/mol. The summed E-state index contributed by atoms with van der Waals surface area (Å²) in [7, 11) is 0. The highest BCUT2D eigenvalue weighted by molar-refractivity contribution is 6.04. The highest BCUT2D eigenvalue weighted by atomic mass is 19.1. The molecule has 1 aliphatic carbocycles. The summed E-state index contributed by atoms with van der Waals surface area (Å²) in [5, 5.41) is 11.4. The van der Waals surface area contributed by atoms with Crippen molar-refractivity contribution in [1.29, 1.82) is 5.26 Å². The molecule has 0 N–H and O–H groups in total. The number of nitriles is 1. The SMILES string of the molecule is N#C[C@@H]1CN(C2CCC(F)CC2)C(=O)N1c1cncc2ccccc12. The third-order valence-electron chi connectivity index (χ3n) is 5.26. The van der Waals surface area contributed by atoms with Crippen LogP contribution in [-0.2, 0) is 0 Å². The minimum Gasteiger partial charge on any atom is -0.318 e. The summed E-state index contributed by atoms with van der Waals surface area (Å²) < 4.78 is 13.4. The van der Waals surface area contributed by atoms with Crippen LogP contribution in [0.2, 0.25) is 0 Å². The Morgan fingerprint density at radius 3 is 2.68 bits per heavy atom. The summed E-state index contributed by atoms with van der Waals surface area (Å²) in [6.07, 6.45) is 4.93. The van der Waals surface area contributed by atoms with E-state index in [4.69, 9.17) is 0 Å². The van der Waals surface area contributed by atoms with Crippen molar-refractivity contribution in [3.63, 3.8) is 0 Å². The van der Waals surface area contributed by atoms with E-state index in [-0.39, 0.29) is 12.1 Å². The molecule has 2 fully saturated rings. The number of halogens is 1. The lowest BCUT2D eigenvalue weighted by Crippen LogP contribution is -2.41. The van der Waals surface area contributed by atoms with Crippen LogP contribution >= 0.6 is 0 Å². The van der Waals surface area contributed by atoms with Crippen LogP contribution in [0.15, 0.2) is 36.7 Å². The molecule has 2 aliphatic rings. The van der Waals surface area contributed by atoms with Gasteiger partial charge in [0, 0.05) is 23.0 Å². The highest BCUT2D eigenvalue weighted by Gasteiger charge is 2.43. The van der Waals surface area contributed by atoms with Crippen LogP contribution in [0.3, 0.4) is 0 Å². The Balaban J connectivity index is 1.69. The number of aromatic nitrogens is 1. The summed E-state index contributed by atoms with van der Waals surface area (Å²) in [6.45, 7) is 0.361. The predicted molar refractivity (Wildman–Crippen MR) is 92.9 cm³/mol. The first-order valence-corrected chi connectivity index (χ1v) is 8.65. The molecule has 2 aromatic rings. The molecule has 2 amide bonds. The molecule has 25 heavy (non-hydrogen) atoms. The van der Waals surface area contributed by atoms with Gasteiger partial charge in [-0.05, 0) is 25.7 Å². The van der Waals surface area contributed by atoms with Crippen LogP contribution < -0.4 is 4.90 Å². The lowest BCUT2D eigenvalue weighted by Gasteiger charge is -2.32. The fraction of sp³-hybridized carbons (Fsp3) is 0.421. The molecule has 1 aliphatic heterocycles. The number of pyridine rings is 1. The van der Waals surface area contributed by atoms with Crippen molar-refractivity contribution in [2.45, 2.75) is 43.9 Å². The van der Waals surface area contributed by atoms with E-state index in [2.05, 4.69) is 11.1 Å². The van der Waals surface area contributed by atoms with E-state index in [0.717, 1.165) is 10.8 Å². The number of hydrogen-bond donors (Lipinski definition) is 0. The van der Waals surface area contributed by atoms with Gasteiger partial charge in [-0.1, -0.05) is 24.3 Å². The zero-order chi connectivity index (χ0) is 17.4. The number of fused-ring (bicyclic) bond motifs is 1. The topological polar surface area (TPSA) is 60.2 Å². The average Bonchev–Trinajstić information content (AvgIpc) is 2.98. The number of hydrogen-bond acceptors (Lipinski definition) is 3. The van der Waals surface area contributed by atoms with Crippen LogP contribution in [-0.4, -0.2) is 40.7 Å². The average molecular weight is 338 g/mol. The Bertz CT molecular complexity index is 835. The predicted octanol–water partition coefficient (Wildman–Crippen LogP) is 3.65. The van der Waals surface area contributed by atoms with Gasteiger partial charge < -0.3 is 4.90 Å². The summed E-state index contributed by atoms with van der Waals surface area (Å²) in [4.78, 5) is 20.6. The van der Waals surface area contributed by atoms with Crippen LogP contribution in [0.1, 0.15) is 25.7 Å².